The molecule has 0 amide bonds. The highest BCUT2D eigenvalue weighted by Crippen LogP contribution is 2.40. The van der Waals surface area contributed by atoms with Gasteiger partial charge in [-0.1, -0.05) is 78.9 Å². The zero-order valence-corrected chi connectivity index (χ0v) is 21.6. The molecule has 6 aromatic rings. The summed E-state index contributed by atoms with van der Waals surface area (Å²) in [5.41, 5.74) is 5.79. The first kappa shape index (κ1) is 25.2. The molecule has 0 saturated carbocycles. The van der Waals surface area contributed by atoms with E-state index in [1.165, 1.54) is 12.1 Å². The van der Waals surface area contributed by atoms with E-state index in [9.17, 15) is 0 Å². The Balaban J connectivity index is 1.50. The minimum atomic E-state index is -0.668. The van der Waals surface area contributed by atoms with Crippen LogP contribution < -0.4 is 4.90 Å². The Morgan fingerprint density at radius 1 is 0.675 bits per heavy atom. The van der Waals surface area contributed by atoms with Crippen LogP contribution in [0, 0.1) is 11.6 Å². The number of hydrogen-bond donors (Lipinski definition) is 1. The molecule has 6 rings (SSSR count). The van der Waals surface area contributed by atoms with E-state index < -0.39 is 11.6 Å². The van der Waals surface area contributed by atoms with E-state index in [0.717, 1.165) is 27.9 Å². The molecule has 2 heterocycles. The summed E-state index contributed by atoms with van der Waals surface area (Å²) in [6, 6.07) is 34.4. The molecular weight excluding hydrogens is 502 g/mol. The van der Waals surface area contributed by atoms with Crippen LogP contribution in [-0.4, -0.2) is 15.2 Å². The number of benzene rings is 4. The van der Waals surface area contributed by atoms with Crippen LogP contribution in [0.1, 0.15) is 16.7 Å². The third-order valence-corrected chi connectivity index (χ3v) is 6.95. The van der Waals surface area contributed by atoms with Crippen molar-refractivity contribution < 1.29 is 8.78 Å². The van der Waals surface area contributed by atoms with Gasteiger partial charge >= 0.3 is 0 Å². The van der Waals surface area contributed by atoms with Crippen LogP contribution in [0.4, 0.5) is 20.2 Å². The second-order valence-electron chi connectivity index (χ2n) is 9.51. The van der Waals surface area contributed by atoms with Gasteiger partial charge in [-0.05, 0) is 59.0 Å². The molecule has 2 aromatic heterocycles. The summed E-state index contributed by atoms with van der Waals surface area (Å²) in [5, 5.41) is 6.96. The number of hydrogen-bond acceptors (Lipinski definition) is 3. The normalized spacial score (nSPS) is 10.9. The van der Waals surface area contributed by atoms with Crippen molar-refractivity contribution in [2.75, 3.05) is 4.90 Å². The minimum absolute atomic E-state index is 0.152. The Labute approximate surface area is 231 Å². The van der Waals surface area contributed by atoms with Crippen molar-refractivity contribution in [2.45, 2.75) is 13.0 Å². The summed E-state index contributed by atoms with van der Waals surface area (Å²) < 4.78 is 32.1. The molecule has 0 saturated heterocycles. The van der Waals surface area contributed by atoms with Crippen LogP contribution in [0.15, 0.2) is 128 Å². The second kappa shape index (κ2) is 11.3. The maximum atomic E-state index is 16.6. The largest absolute Gasteiger partial charge is 0.334 e. The Hall–Kier alpha value is -5.10. The first-order valence-electron chi connectivity index (χ1n) is 13.0. The molecule has 0 bridgehead atoms. The minimum Gasteiger partial charge on any atom is -0.334 e. The monoisotopic (exact) mass is 528 g/mol. The molecular formula is C34H26F2N4. The summed E-state index contributed by atoms with van der Waals surface area (Å²) in [7, 11) is 0. The number of rotatable bonds is 8. The fourth-order valence-corrected chi connectivity index (χ4v) is 5.01. The highest BCUT2D eigenvalue weighted by Gasteiger charge is 2.25. The number of anilines is 2. The van der Waals surface area contributed by atoms with E-state index >= 15 is 8.78 Å². The average molecular weight is 529 g/mol. The van der Waals surface area contributed by atoms with E-state index in [1.54, 1.807) is 30.7 Å². The highest BCUT2D eigenvalue weighted by molar-refractivity contribution is 5.83. The first-order valence-corrected chi connectivity index (χ1v) is 13.0. The topological polar surface area (TPSA) is 44.8 Å². The van der Waals surface area contributed by atoms with Crippen molar-refractivity contribution in [3.8, 4) is 22.4 Å². The lowest BCUT2D eigenvalue weighted by atomic mass is 9.99. The molecule has 0 aliphatic carbocycles. The fraction of sp³-hybridized carbons (Fsp3) is 0.0588. The predicted octanol–water partition coefficient (Wildman–Crippen LogP) is 8.35. The molecule has 0 aliphatic rings. The van der Waals surface area contributed by atoms with Crippen LogP contribution in [0.3, 0.4) is 0 Å². The number of para-hydroxylation sites is 1. The van der Waals surface area contributed by atoms with Gasteiger partial charge in [-0.25, -0.2) is 8.78 Å². The van der Waals surface area contributed by atoms with E-state index in [4.69, 9.17) is 0 Å². The SMILES string of the molecule is Fc1ccc(N(Cc2ccccc2)c2ccccc2Cc2ccccc2)c(F)c1-c1[nH]ncc1-c1ccncc1. The standard InChI is InChI=1S/C34H26F2N4/c35-29-15-16-31(33(36)32(29)34-28(22-38-39-34)26-17-19-37-20-18-26)40(23-25-11-5-2-6-12-25)30-14-8-7-13-27(30)21-24-9-3-1-4-10-24/h1-20,22H,21,23H2,(H,38,39). The Kier molecular flexibility index (Phi) is 7.14. The van der Waals surface area contributed by atoms with Crippen LogP contribution in [0.2, 0.25) is 0 Å². The number of halogens is 2. The Bertz CT molecular complexity index is 1720. The van der Waals surface area contributed by atoms with Gasteiger partial charge in [0, 0.05) is 30.2 Å². The van der Waals surface area contributed by atoms with Gasteiger partial charge in [0.05, 0.1) is 23.1 Å². The summed E-state index contributed by atoms with van der Waals surface area (Å²) in [6.07, 6.45) is 5.53. The van der Waals surface area contributed by atoms with Gasteiger partial charge < -0.3 is 4.90 Å². The van der Waals surface area contributed by atoms with Crippen molar-refractivity contribution in [3.63, 3.8) is 0 Å². The molecule has 6 heteroatoms. The maximum Gasteiger partial charge on any atom is 0.159 e. The number of pyridine rings is 1. The predicted molar refractivity (Wildman–Crippen MR) is 155 cm³/mol. The first-order chi connectivity index (χ1) is 19.7. The molecule has 0 fully saturated rings. The summed E-state index contributed by atoms with van der Waals surface area (Å²) in [4.78, 5) is 5.98. The molecule has 0 aliphatic heterocycles. The van der Waals surface area contributed by atoms with E-state index in [-0.39, 0.29) is 16.9 Å². The fourth-order valence-electron chi connectivity index (χ4n) is 5.01. The van der Waals surface area contributed by atoms with E-state index in [1.807, 2.05) is 71.6 Å². The molecule has 0 atom stereocenters. The molecule has 40 heavy (non-hydrogen) atoms. The van der Waals surface area contributed by atoms with E-state index in [0.29, 0.717) is 18.5 Å². The second-order valence-corrected chi connectivity index (χ2v) is 9.51. The van der Waals surface area contributed by atoms with Crippen LogP contribution in [0.5, 0.6) is 0 Å². The molecule has 0 spiro atoms. The molecule has 0 unspecified atom stereocenters. The smallest absolute Gasteiger partial charge is 0.159 e. The third-order valence-electron chi connectivity index (χ3n) is 6.95. The zero-order valence-electron chi connectivity index (χ0n) is 21.6. The summed E-state index contributed by atoms with van der Waals surface area (Å²) in [6.45, 7) is 0.398. The summed E-state index contributed by atoms with van der Waals surface area (Å²) >= 11 is 0. The summed E-state index contributed by atoms with van der Waals surface area (Å²) in [5.74, 6) is -1.33. The van der Waals surface area contributed by atoms with E-state index in [2.05, 4.69) is 33.4 Å². The van der Waals surface area contributed by atoms with Gasteiger partial charge in [0.2, 0.25) is 0 Å². The molecule has 196 valence electrons. The quantitative estimate of drug-likeness (QED) is 0.216. The van der Waals surface area contributed by atoms with Gasteiger partial charge in [-0.3, -0.25) is 10.1 Å². The van der Waals surface area contributed by atoms with Crippen LogP contribution in [-0.2, 0) is 13.0 Å². The Morgan fingerprint density at radius 2 is 1.35 bits per heavy atom. The van der Waals surface area contributed by atoms with Crippen molar-refractivity contribution in [1.29, 1.82) is 0 Å². The van der Waals surface area contributed by atoms with Gasteiger partial charge in [-0.2, -0.15) is 5.10 Å². The van der Waals surface area contributed by atoms with Gasteiger partial charge in [0.15, 0.2) is 5.82 Å². The maximum absolute atomic E-state index is 16.6. The molecule has 4 nitrogen and oxygen atoms in total. The van der Waals surface area contributed by atoms with Crippen molar-refractivity contribution in [2.24, 2.45) is 0 Å². The number of nitrogens with one attached hydrogen (secondary N) is 1. The van der Waals surface area contributed by atoms with Gasteiger partial charge in [0.25, 0.3) is 0 Å². The lowest BCUT2D eigenvalue weighted by Crippen LogP contribution is -2.20. The lowest BCUT2D eigenvalue weighted by molar-refractivity contribution is 0.587. The van der Waals surface area contributed by atoms with Crippen molar-refractivity contribution >= 4 is 11.4 Å². The highest BCUT2D eigenvalue weighted by atomic mass is 19.1. The number of nitrogens with zero attached hydrogens (tertiary/aromatic N) is 3. The Morgan fingerprint density at radius 3 is 2.10 bits per heavy atom. The van der Waals surface area contributed by atoms with Gasteiger partial charge in [0.1, 0.15) is 5.82 Å². The number of aromatic nitrogens is 3. The molecule has 0 radical (unpaired) electrons. The number of aromatic amines is 1. The average Bonchev–Trinajstić information content (AvgIpc) is 3.48. The molecule has 1 N–H and O–H groups in total. The van der Waals surface area contributed by atoms with Gasteiger partial charge in [-0.15, -0.1) is 0 Å². The van der Waals surface area contributed by atoms with Crippen LogP contribution >= 0.6 is 0 Å². The third kappa shape index (κ3) is 5.12. The zero-order chi connectivity index (χ0) is 27.3. The van der Waals surface area contributed by atoms with Crippen molar-refractivity contribution in [3.05, 3.63) is 156 Å². The van der Waals surface area contributed by atoms with Crippen LogP contribution in [0.25, 0.3) is 22.4 Å². The van der Waals surface area contributed by atoms with Crippen molar-refractivity contribution in [1.82, 2.24) is 15.2 Å². The molecule has 4 aromatic carbocycles. The number of H-pyrrole nitrogens is 1. The lowest BCUT2D eigenvalue weighted by Gasteiger charge is -2.29.